The largest absolute Gasteiger partial charge is 0.378 e. The standard InChI is InChI=1S/C12H12N4/c1-9-3-2-4-12(11(9)7-13)14-8-10-5-6-15-16-10/h2-6,14H,8H2,1H3,(H,15,16). The topological polar surface area (TPSA) is 64.5 Å². The molecule has 0 aliphatic heterocycles. The summed E-state index contributed by atoms with van der Waals surface area (Å²) < 4.78 is 0. The summed E-state index contributed by atoms with van der Waals surface area (Å²) in [5.74, 6) is 0. The molecule has 1 aromatic carbocycles. The minimum Gasteiger partial charge on any atom is -0.378 e. The predicted octanol–water partition coefficient (Wildman–Crippen LogP) is 2.20. The van der Waals surface area contributed by atoms with Gasteiger partial charge in [-0.25, -0.2) is 0 Å². The normalized spacial score (nSPS) is 9.75. The van der Waals surface area contributed by atoms with Crippen molar-refractivity contribution in [2.45, 2.75) is 13.5 Å². The van der Waals surface area contributed by atoms with Crippen molar-refractivity contribution in [2.75, 3.05) is 5.32 Å². The highest BCUT2D eigenvalue weighted by Crippen LogP contribution is 2.18. The number of aromatic amines is 1. The zero-order chi connectivity index (χ0) is 11.4. The molecule has 0 atom stereocenters. The molecular formula is C12H12N4. The Morgan fingerprint density at radius 1 is 1.44 bits per heavy atom. The van der Waals surface area contributed by atoms with E-state index in [-0.39, 0.29) is 0 Å². The van der Waals surface area contributed by atoms with Gasteiger partial charge >= 0.3 is 0 Å². The number of aryl methyl sites for hydroxylation is 1. The van der Waals surface area contributed by atoms with Crippen LogP contribution in [-0.2, 0) is 6.54 Å². The summed E-state index contributed by atoms with van der Waals surface area (Å²) in [5.41, 5.74) is 3.53. The van der Waals surface area contributed by atoms with E-state index in [1.54, 1.807) is 6.20 Å². The summed E-state index contributed by atoms with van der Waals surface area (Å²) in [7, 11) is 0. The lowest BCUT2D eigenvalue weighted by Crippen LogP contribution is -2.02. The van der Waals surface area contributed by atoms with Crippen LogP contribution in [0.15, 0.2) is 30.5 Å². The molecule has 2 N–H and O–H groups in total. The van der Waals surface area contributed by atoms with Crippen LogP contribution in [0.5, 0.6) is 0 Å². The van der Waals surface area contributed by atoms with E-state index in [4.69, 9.17) is 5.26 Å². The average Bonchev–Trinajstić information content (AvgIpc) is 2.79. The number of H-pyrrole nitrogens is 1. The molecule has 0 spiro atoms. The van der Waals surface area contributed by atoms with Crippen LogP contribution >= 0.6 is 0 Å². The predicted molar refractivity (Wildman–Crippen MR) is 61.8 cm³/mol. The molecule has 1 aromatic heterocycles. The van der Waals surface area contributed by atoms with E-state index in [0.29, 0.717) is 12.1 Å². The smallest absolute Gasteiger partial charge is 0.102 e. The van der Waals surface area contributed by atoms with E-state index in [0.717, 1.165) is 16.9 Å². The molecule has 2 aromatic rings. The first-order valence-corrected chi connectivity index (χ1v) is 5.03. The van der Waals surface area contributed by atoms with Gasteiger partial charge in [-0.2, -0.15) is 10.4 Å². The van der Waals surface area contributed by atoms with Crippen molar-refractivity contribution in [2.24, 2.45) is 0 Å². The summed E-state index contributed by atoms with van der Waals surface area (Å²) in [4.78, 5) is 0. The van der Waals surface area contributed by atoms with E-state index in [1.165, 1.54) is 0 Å². The Labute approximate surface area is 93.9 Å². The SMILES string of the molecule is Cc1cccc(NCc2ccn[nH]2)c1C#N. The molecule has 2 rings (SSSR count). The number of anilines is 1. The molecule has 0 radical (unpaired) electrons. The number of hydrogen-bond donors (Lipinski definition) is 2. The first-order chi connectivity index (χ1) is 7.81. The molecule has 0 amide bonds. The molecule has 0 saturated heterocycles. The van der Waals surface area contributed by atoms with Crippen LogP contribution in [0, 0.1) is 18.3 Å². The number of benzene rings is 1. The Hall–Kier alpha value is -2.28. The van der Waals surface area contributed by atoms with E-state index < -0.39 is 0 Å². The maximum Gasteiger partial charge on any atom is 0.102 e. The molecule has 4 nitrogen and oxygen atoms in total. The molecular weight excluding hydrogens is 200 g/mol. The second-order valence-electron chi connectivity index (χ2n) is 3.54. The monoisotopic (exact) mass is 212 g/mol. The molecule has 0 saturated carbocycles. The van der Waals surface area contributed by atoms with Gasteiger partial charge in [-0.3, -0.25) is 5.10 Å². The average molecular weight is 212 g/mol. The fourth-order valence-electron chi connectivity index (χ4n) is 1.54. The Balaban J connectivity index is 2.16. The van der Waals surface area contributed by atoms with Gasteiger partial charge in [-0.1, -0.05) is 12.1 Å². The molecule has 0 aliphatic carbocycles. The molecule has 0 unspecified atom stereocenters. The number of nitriles is 1. The van der Waals surface area contributed by atoms with Gasteiger partial charge in [0.05, 0.1) is 23.5 Å². The summed E-state index contributed by atoms with van der Waals surface area (Å²) in [5, 5.41) is 19.0. The summed E-state index contributed by atoms with van der Waals surface area (Å²) in [6.07, 6.45) is 1.71. The third kappa shape index (κ3) is 2.04. The second-order valence-corrected chi connectivity index (χ2v) is 3.54. The number of rotatable bonds is 3. The number of hydrogen-bond acceptors (Lipinski definition) is 3. The van der Waals surface area contributed by atoms with Crippen LogP contribution in [0.3, 0.4) is 0 Å². The van der Waals surface area contributed by atoms with Crippen molar-refractivity contribution >= 4 is 5.69 Å². The second kappa shape index (κ2) is 4.49. The minimum atomic E-state index is 0.637. The highest BCUT2D eigenvalue weighted by molar-refractivity contribution is 5.60. The van der Waals surface area contributed by atoms with Gasteiger partial charge in [0.1, 0.15) is 6.07 Å². The Morgan fingerprint density at radius 2 is 2.31 bits per heavy atom. The van der Waals surface area contributed by atoms with Crippen LogP contribution in [-0.4, -0.2) is 10.2 Å². The lowest BCUT2D eigenvalue weighted by Gasteiger charge is -2.08. The third-order valence-corrected chi connectivity index (χ3v) is 2.41. The molecule has 0 aliphatic rings. The lowest BCUT2D eigenvalue weighted by atomic mass is 10.1. The highest BCUT2D eigenvalue weighted by atomic mass is 15.1. The molecule has 0 bridgehead atoms. The summed E-state index contributed by atoms with van der Waals surface area (Å²) in [6, 6.07) is 9.87. The van der Waals surface area contributed by atoms with Crippen molar-refractivity contribution in [1.29, 1.82) is 5.26 Å². The first-order valence-electron chi connectivity index (χ1n) is 5.03. The number of nitrogens with one attached hydrogen (secondary N) is 2. The molecule has 16 heavy (non-hydrogen) atoms. The van der Waals surface area contributed by atoms with E-state index in [2.05, 4.69) is 21.6 Å². The van der Waals surface area contributed by atoms with Gasteiger partial charge in [0.15, 0.2) is 0 Å². The Morgan fingerprint density at radius 3 is 3.00 bits per heavy atom. The fourth-order valence-corrected chi connectivity index (χ4v) is 1.54. The quantitative estimate of drug-likeness (QED) is 0.819. The van der Waals surface area contributed by atoms with E-state index in [9.17, 15) is 0 Å². The highest BCUT2D eigenvalue weighted by Gasteiger charge is 2.04. The summed E-state index contributed by atoms with van der Waals surface area (Å²) >= 11 is 0. The van der Waals surface area contributed by atoms with Crippen molar-refractivity contribution in [1.82, 2.24) is 10.2 Å². The van der Waals surface area contributed by atoms with E-state index in [1.807, 2.05) is 31.2 Å². The Bertz CT molecular complexity index is 508. The van der Waals surface area contributed by atoms with Crippen molar-refractivity contribution < 1.29 is 0 Å². The Kier molecular flexibility index (Phi) is 2.88. The summed E-state index contributed by atoms with van der Waals surface area (Å²) in [6.45, 7) is 2.57. The maximum atomic E-state index is 9.05. The first kappa shape index (κ1) is 10.2. The van der Waals surface area contributed by atoms with Gasteiger partial charge < -0.3 is 5.32 Å². The van der Waals surface area contributed by atoms with Crippen LogP contribution < -0.4 is 5.32 Å². The molecule has 0 fully saturated rings. The van der Waals surface area contributed by atoms with E-state index >= 15 is 0 Å². The zero-order valence-electron chi connectivity index (χ0n) is 8.99. The molecule has 4 heteroatoms. The van der Waals surface area contributed by atoms with Gasteiger partial charge in [0.2, 0.25) is 0 Å². The van der Waals surface area contributed by atoms with Gasteiger partial charge in [-0.15, -0.1) is 0 Å². The van der Waals surface area contributed by atoms with Crippen molar-refractivity contribution in [3.05, 3.63) is 47.3 Å². The lowest BCUT2D eigenvalue weighted by molar-refractivity contribution is 0.980. The van der Waals surface area contributed by atoms with Gasteiger partial charge in [-0.05, 0) is 24.6 Å². The molecule has 1 heterocycles. The van der Waals surface area contributed by atoms with Crippen LogP contribution in [0.4, 0.5) is 5.69 Å². The fraction of sp³-hybridized carbons (Fsp3) is 0.167. The third-order valence-electron chi connectivity index (χ3n) is 2.41. The molecule has 80 valence electrons. The van der Waals surface area contributed by atoms with Crippen LogP contribution in [0.25, 0.3) is 0 Å². The minimum absolute atomic E-state index is 0.637. The van der Waals surface area contributed by atoms with Crippen LogP contribution in [0.2, 0.25) is 0 Å². The number of nitrogens with zero attached hydrogens (tertiary/aromatic N) is 2. The zero-order valence-corrected chi connectivity index (χ0v) is 8.99. The van der Waals surface area contributed by atoms with Gasteiger partial charge in [0, 0.05) is 6.20 Å². The van der Waals surface area contributed by atoms with Gasteiger partial charge in [0.25, 0.3) is 0 Å². The van der Waals surface area contributed by atoms with Crippen molar-refractivity contribution in [3.8, 4) is 6.07 Å². The van der Waals surface area contributed by atoms with Crippen LogP contribution in [0.1, 0.15) is 16.8 Å². The maximum absolute atomic E-state index is 9.05. The van der Waals surface area contributed by atoms with Crippen molar-refractivity contribution in [3.63, 3.8) is 0 Å². The number of aromatic nitrogens is 2.